The van der Waals surface area contributed by atoms with E-state index in [1.807, 2.05) is 12.3 Å². The maximum absolute atomic E-state index is 11.9. The molecular formula is C22H20N8O2S. The number of hydrogen-bond donors (Lipinski definition) is 4. The summed E-state index contributed by atoms with van der Waals surface area (Å²) in [6.07, 6.45) is 8.33. The Balaban J connectivity index is 1.29. The summed E-state index contributed by atoms with van der Waals surface area (Å²) in [4.78, 5) is 28.1. The van der Waals surface area contributed by atoms with Gasteiger partial charge in [0, 0.05) is 43.1 Å². The van der Waals surface area contributed by atoms with Crippen molar-refractivity contribution in [1.82, 2.24) is 30.0 Å². The number of H-pyrrole nitrogens is 1. The molecule has 5 rings (SSSR count). The third-order valence-electron chi connectivity index (χ3n) is 5.46. The number of nitrogens with zero attached hydrogens (tertiary/aromatic N) is 4. The Bertz CT molecular complexity index is 1350. The molecule has 1 amide bonds. The predicted molar refractivity (Wildman–Crippen MR) is 123 cm³/mol. The Morgan fingerprint density at radius 2 is 2.18 bits per heavy atom. The van der Waals surface area contributed by atoms with Crippen molar-refractivity contribution in [1.29, 1.82) is 5.26 Å². The summed E-state index contributed by atoms with van der Waals surface area (Å²) in [5, 5.41) is 16.9. The summed E-state index contributed by atoms with van der Waals surface area (Å²) in [6.45, 7) is 0. The minimum atomic E-state index is -0.310. The van der Waals surface area contributed by atoms with Gasteiger partial charge in [-0.15, -0.1) is 0 Å². The second-order valence-electron chi connectivity index (χ2n) is 7.63. The fourth-order valence-corrected chi connectivity index (χ4v) is 4.45. The zero-order valence-electron chi connectivity index (χ0n) is 17.6. The topological polar surface area (TPSA) is 145 Å². The van der Waals surface area contributed by atoms with Gasteiger partial charge >= 0.3 is 0 Å². The van der Waals surface area contributed by atoms with Gasteiger partial charge in [-0.3, -0.25) is 9.52 Å². The molecule has 4 aromatic heterocycles. The molecule has 0 aromatic carbocycles. The van der Waals surface area contributed by atoms with Gasteiger partial charge < -0.3 is 20.0 Å². The summed E-state index contributed by atoms with van der Waals surface area (Å²) in [6, 6.07) is 8.09. The monoisotopic (exact) mass is 460 g/mol. The number of fused-ring (bicyclic) bond motifs is 1. The van der Waals surface area contributed by atoms with Crippen LogP contribution in [-0.4, -0.2) is 45.0 Å². The largest absolute Gasteiger partial charge is 0.443 e. The lowest BCUT2D eigenvalue weighted by atomic mass is 9.87. The van der Waals surface area contributed by atoms with E-state index in [4.69, 9.17) is 9.68 Å². The Labute approximate surface area is 193 Å². The van der Waals surface area contributed by atoms with Crippen LogP contribution in [0.1, 0.15) is 28.9 Å². The average molecular weight is 461 g/mol. The van der Waals surface area contributed by atoms with Gasteiger partial charge in [0.2, 0.25) is 5.89 Å². The first-order valence-corrected chi connectivity index (χ1v) is 11.2. The summed E-state index contributed by atoms with van der Waals surface area (Å²) in [7, 11) is 1.55. The van der Waals surface area contributed by atoms with Crippen LogP contribution in [0, 0.1) is 11.3 Å². The lowest BCUT2D eigenvalue weighted by Crippen LogP contribution is -2.45. The summed E-state index contributed by atoms with van der Waals surface area (Å²) in [5.74, 6) is 0.0232. The van der Waals surface area contributed by atoms with Crippen LogP contribution in [0.25, 0.3) is 22.5 Å². The number of nitriles is 1. The molecule has 10 nitrogen and oxygen atoms in total. The van der Waals surface area contributed by atoms with Crippen LogP contribution >= 0.6 is 11.9 Å². The Kier molecular flexibility index (Phi) is 5.68. The third kappa shape index (κ3) is 4.26. The van der Waals surface area contributed by atoms with Crippen molar-refractivity contribution in [2.24, 2.45) is 0 Å². The SMILES string of the molecule is CNC(=O)c1coc(-c2cnc3[nH]ccc3c2N[C@H]2C[C@@H](NSc3cc(C#N)ccn3)C2)n1. The number of aromatic amines is 1. The molecule has 0 saturated heterocycles. The van der Waals surface area contributed by atoms with Crippen molar-refractivity contribution in [2.75, 3.05) is 12.4 Å². The number of nitrogens with one attached hydrogen (secondary N) is 4. The van der Waals surface area contributed by atoms with Crippen LogP contribution in [0.4, 0.5) is 5.69 Å². The van der Waals surface area contributed by atoms with Gasteiger partial charge in [0.15, 0.2) is 5.69 Å². The lowest BCUT2D eigenvalue weighted by molar-refractivity contribution is 0.0958. The number of oxazole rings is 1. The van der Waals surface area contributed by atoms with Gasteiger partial charge in [-0.2, -0.15) is 5.26 Å². The maximum Gasteiger partial charge on any atom is 0.272 e. The number of hydrogen-bond acceptors (Lipinski definition) is 9. The van der Waals surface area contributed by atoms with Crippen molar-refractivity contribution in [3.63, 3.8) is 0 Å². The van der Waals surface area contributed by atoms with E-state index < -0.39 is 0 Å². The minimum Gasteiger partial charge on any atom is -0.443 e. The van der Waals surface area contributed by atoms with E-state index >= 15 is 0 Å². The molecule has 11 heteroatoms. The molecule has 0 unspecified atom stereocenters. The molecule has 1 aliphatic carbocycles. The normalized spacial score (nSPS) is 17.3. The van der Waals surface area contributed by atoms with Gasteiger partial charge in [-0.05, 0) is 43.0 Å². The van der Waals surface area contributed by atoms with Gasteiger partial charge in [0.1, 0.15) is 16.9 Å². The Hall–Kier alpha value is -3.88. The fraction of sp³-hybridized carbons (Fsp3) is 0.227. The quantitative estimate of drug-likeness (QED) is 0.306. The van der Waals surface area contributed by atoms with E-state index in [9.17, 15) is 4.79 Å². The van der Waals surface area contributed by atoms with Crippen molar-refractivity contribution in [2.45, 2.75) is 30.0 Å². The number of rotatable bonds is 7. The van der Waals surface area contributed by atoms with Crippen molar-refractivity contribution < 1.29 is 9.21 Å². The Morgan fingerprint density at radius 1 is 1.30 bits per heavy atom. The van der Waals surface area contributed by atoms with E-state index in [1.165, 1.54) is 18.2 Å². The average Bonchev–Trinajstić information content (AvgIpc) is 3.50. The minimum absolute atomic E-state index is 0.214. The molecule has 0 radical (unpaired) electrons. The second-order valence-corrected chi connectivity index (χ2v) is 8.49. The first-order chi connectivity index (χ1) is 16.1. The maximum atomic E-state index is 11.9. The van der Waals surface area contributed by atoms with Crippen LogP contribution in [0.15, 0.2) is 52.5 Å². The number of carbonyl (C=O) groups is 1. The highest BCUT2D eigenvalue weighted by Gasteiger charge is 2.31. The molecule has 0 spiro atoms. The van der Waals surface area contributed by atoms with E-state index in [2.05, 4.69) is 41.4 Å². The van der Waals surface area contributed by atoms with E-state index in [0.717, 1.165) is 34.6 Å². The number of anilines is 1. The number of pyridine rings is 2. The smallest absolute Gasteiger partial charge is 0.272 e. The molecule has 1 aliphatic rings. The van der Waals surface area contributed by atoms with Gasteiger partial charge in [-0.1, -0.05) is 0 Å². The standard InChI is InChI=1S/C22H20N8O2S/c1-24-21(31)17-11-32-22(29-17)16-10-27-20-15(3-5-26-20)19(16)28-13-7-14(8-13)30-33-18-6-12(9-23)2-4-25-18/h2-6,10-11,13-14,30H,7-8H2,1H3,(H,24,31)(H2,26,27,28)/t13-,14+. The Morgan fingerprint density at radius 3 is 3.00 bits per heavy atom. The number of carbonyl (C=O) groups excluding carboxylic acids is 1. The molecule has 4 N–H and O–H groups in total. The molecule has 0 atom stereocenters. The van der Waals surface area contributed by atoms with Gasteiger partial charge in [-0.25, -0.2) is 15.0 Å². The number of aromatic nitrogens is 4. The highest BCUT2D eigenvalue weighted by atomic mass is 32.2. The first kappa shape index (κ1) is 21.0. The van der Waals surface area contributed by atoms with Gasteiger partial charge in [0.05, 0.1) is 22.9 Å². The highest BCUT2D eigenvalue weighted by molar-refractivity contribution is 7.97. The summed E-state index contributed by atoms with van der Waals surface area (Å²) >= 11 is 1.44. The van der Waals surface area contributed by atoms with Crippen LogP contribution in [0.5, 0.6) is 0 Å². The molecule has 0 aliphatic heterocycles. The zero-order chi connectivity index (χ0) is 22.8. The fourth-order valence-electron chi connectivity index (χ4n) is 3.67. The van der Waals surface area contributed by atoms with Crippen LogP contribution in [0.3, 0.4) is 0 Å². The molecule has 33 heavy (non-hydrogen) atoms. The highest BCUT2D eigenvalue weighted by Crippen LogP contribution is 2.36. The van der Waals surface area contributed by atoms with Crippen LogP contribution < -0.4 is 15.4 Å². The second kappa shape index (κ2) is 8.93. The van der Waals surface area contributed by atoms with E-state index in [-0.39, 0.29) is 17.6 Å². The molecule has 1 fully saturated rings. The predicted octanol–water partition coefficient (Wildman–Crippen LogP) is 3.08. The van der Waals surface area contributed by atoms with Crippen molar-refractivity contribution >= 4 is 34.6 Å². The van der Waals surface area contributed by atoms with Crippen molar-refractivity contribution in [3.8, 4) is 17.5 Å². The number of amides is 1. The van der Waals surface area contributed by atoms with Crippen molar-refractivity contribution in [3.05, 3.63) is 54.3 Å². The molecule has 4 aromatic rings. The lowest BCUT2D eigenvalue weighted by Gasteiger charge is -2.37. The molecule has 166 valence electrons. The van der Waals surface area contributed by atoms with E-state index in [1.54, 1.807) is 31.6 Å². The molecule has 1 saturated carbocycles. The molecule has 0 bridgehead atoms. The van der Waals surface area contributed by atoms with Crippen LogP contribution in [0.2, 0.25) is 0 Å². The van der Waals surface area contributed by atoms with Gasteiger partial charge in [0.25, 0.3) is 5.91 Å². The van der Waals surface area contributed by atoms with E-state index in [0.29, 0.717) is 23.1 Å². The summed E-state index contributed by atoms with van der Waals surface area (Å²) < 4.78 is 9.01. The van der Waals surface area contributed by atoms with Crippen LogP contribution in [-0.2, 0) is 0 Å². The first-order valence-electron chi connectivity index (χ1n) is 10.3. The molecule has 4 heterocycles. The molecular weight excluding hydrogens is 440 g/mol. The third-order valence-corrected chi connectivity index (χ3v) is 6.35. The zero-order valence-corrected chi connectivity index (χ0v) is 18.4. The summed E-state index contributed by atoms with van der Waals surface area (Å²) in [5.41, 5.74) is 3.12.